The molecule has 2 heterocycles. The Morgan fingerprint density at radius 3 is 2.44 bits per heavy atom. The highest BCUT2D eigenvalue weighted by Gasteiger charge is 2.36. The van der Waals surface area contributed by atoms with Crippen molar-refractivity contribution in [1.82, 2.24) is 10.2 Å². The van der Waals surface area contributed by atoms with Gasteiger partial charge in [-0.1, -0.05) is 27.7 Å². The minimum Gasteiger partial charge on any atom is -0.311 e. The third-order valence-corrected chi connectivity index (χ3v) is 5.69. The van der Waals surface area contributed by atoms with Gasteiger partial charge in [0.15, 0.2) is 0 Å². The lowest BCUT2D eigenvalue weighted by Gasteiger charge is -2.48. The summed E-state index contributed by atoms with van der Waals surface area (Å²) in [6.45, 7) is 11.9. The normalized spacial score (nSPS) is 32.7. The molecule has 0 saturated carbocycles. The van der Waals surface area contributed by atoms with Crippen LogP contribution in [0, 0.1) is 5.41 Å². The molecule has 3 heteroatoms. The second kappa shape index (κ2) is 6.15. The van der Waals surface area contributed by atoms with Gasteiger partial charge in [-0.05, 0) is 36.2 Å². The van der Waals surface area contributed by atoms with Crippen molar-refractivity contribution in [2.75, 3.05) is 24.6 Å². The molecule has 0 radical (unpaired) electrons. The van der Waals surface area contributed by atoms with E-state index < -0.39 is 0 Å². The van der Waals surface area contributed by atoms with Crippen LogP contribution in [0.25, 0.3) is 0 Å². The van der Waals surface area contributed by atoms with Crippen LogP contribution in [0.15, 0.2) is 0 Å². The molecule has 2 saturated heterocycles. The molecule has 2 fully saturated rings. The molecular weight excluding hydrogens is 240 g/mol. The second-order valence-corrected chi connectivity index (χ2v) is 8.15. The average Bonchev–Trinajstić information content (AvgIpc) is 2.38. The van der Waals surface area contributed by atoms with Gasteiger partial charge in [0.1, 0.15) is 0 Å². The van der Waals surface area contributed by atoms with E-state index in [4.69, 9.17) is 0 Å². The maximum atomic E-state index is 3.78. The molecule has 0 aromatic rings. The summed E-state index contributed by atoms with van der Waals surface area (Å²) in [5, 5.41) is 3.78. The summed E-state index contributed by atoms with van der Waals surface area (Å²) in [5.74, 6) is 2.73. The molecule has 2 rings (SSSR count). The van der Waals surface area contributed by atoms with E-state index in [0.717, 1.165) is 12.1 Å². The number of rotatable bonds is 2. The summed E-state index contributed by atoms with van der Waals surface area (Å²) in [4.78, 5) is 2.84. The van der Waals surface area contributed by atoms with Gasteiger partial charge in [-0.15, -0.1) is 0 Å². The molecule has 2 aliphatic rings. The highest BCUT2D eigenvalue weighted by atomic mass is 32.2. The zero-order chi connectivity index (χ0) is 13.2. The fraction of sp³-hybridized carbons (Fsp3) is 1.00. The van der Waals surface area contributed by atoms with Crippen molar-refractivity contribution in [3.63, 3.8) is 0 Å². The van der Waals surface area contributed by atoms with Crippen molar-refractivity contribution < 1.29 is 0 Å². The van der Waals surface area contributed by atoms with Crippen LogP contribution in [0.5, 0.6) is 0 Å². The number of piperazine rings is 1. The zero-order valence-electron chi connectivity index (χ0n) is 12.5. The Kier molecular flexibility index (Phi) is 5.01. The van der Waals surface area contributed by atoms with Gasteiger partial charge in [-0.3, -0.25) is 4.90 Å². The fourth-order valence-electron chi connectivity index (χ4n) is 3.24. The maximum Gasteiger partial charge on any atom is 0.0244 e. The summed E-state index contributed by atoms with van der Waals surface area (Å²) >= 11 is 2.14. The van der Waals surface area contributed by atoms with Crippen molar-refractivity contribution in [3.8, 4) is 0 Å². The number of thioether (sulfide) groups is 1. The van der Waals surface area contributed by atoms with E-state index in [1.807, 2.05) is 0 Å². The van der Waals surface area contributed by atoms with Crippen LogP contribution in [0.4, 0.5) is 0 Å². The van der Waals surface area contributed by atoms with Crippen molar-refractivity contribution in [2.24, 2.45) is 5.41 Å². The molecule has 0 aromatic heterocycles. The van der Waals surface area contributed by atoms with Gasteiger partial charge in [0.2, 0.25) is 0 Å². The Balaban J connectivity index is 2.02. The number of hydrogen-bond acceptors (Lipinski definition) is 3. The summed E-state index contributed by atoms with van der Waals surface area (Å²) in [7, 11) is 0. The topological polar surface area (TPSA) is 15.3 Å². The van der Waals surface area contributed by atoms with Gasteiger partial charge in [0, 0.05) is 31.2 Å². The van der Waals surface area contributed by atoms with Gasteiger partial charge < -0.3 is 5.32 Å². The Hall–Kier alpha value is 0.270. The summed E-state index contributed by atoms with van der Waals surface area (Å²) in [5.41, 5.74) is 0.375. The van der Waals surface area contributed by atoms with E-state index in [-0.39, 0.29) is 0 Å². The molecule has 0 spiro atoms. The standard InChI is InChI=1S/C15H30N2S/c1-5-12-10-16-14(15(2,3)4)11-17(12)13-6-8-18-9-7-13/h12-14,16H,5-11H2,1-4H3. The van der Waals surface area contributed by atoms with Crippen LogP contribution in [-0.2, 0) is 0 Å². The van der Waals surface area contributed by atoms with Crippen molar-refractivity contribution >= 4 is 11.8 Å². The number of hydrogen-bond donors (Lipinski definition) is 1. The Bertz CT molecular complexity index is 256. The van der Waals surface area contributed by atoms with Crippen LogP contribution in [0.1, 0.15) is 47.0 Å². The first-order chi connectivity index (χ1) is 8.52. The van der Waals surface area contributed by atoms with Crippen LogP contribution in [0.3, 0.4) is 0 Å². The molecule has 0 bridgehead atoms. The van der Waals surface area contributed by atoms with Crippen molar-refractivity contribution in [3.05, 3.63) is 0 Å². The average molecular weight is 270 g/mol. The third-order valence-electron chi connectivity index (χ3n) is 4.64. The van der Waals surface area contributed by atoms with Gasteiger partial charge in [0.25, 0.3) is 0 Å². The lowest BCUT2D eigenvalue weighted by Crippen LogP contribution is -2.62. The largest absolute Gasteiger partial charge is 0.311 e. The molecule has 2 aliphatic heterocycles. The van der Waals surface area contributed by atoms with E-state index in [1.54, 1.807) is 0 Å². The van der Waals surface area contributed by atoms with E-state index in [1.165, 1.54) is 43.9 Å². The van der Waals surface area contributed by atoms with Crippen LogP contribution < -0.4 is 5.32 Å². The molecular formula is C15H30N2S. The molecule has 2 atom stereocenters. The minimum absolute atomic E-state index is 0.375. The van der Waals surface area contributed by atoms with E-state index in [0.29, 0.717) is 11.5 Å². The van der Waals surface area contributed by atoms with Crippen molar-refractivity contribution in [1.29, 1.82) is 0 Å². The highest BCUT2D eigenvalue weighted by Crippen LogP contribution is 2.29. The van der Waals surface area contributed by atoms with Gasteiger partial charge in [0.05, 0.1) is 0 Å². The first kappa shape index (κ1) is 14.7. The predicted molar refractivity (Wildman–Crippen MR) is 82.4 cm³/mol. The quantitative estimate of drug-likeness (QED) is 0.830. The predicted octanol–water partition coefficient (Wildman–Crippen LogP) is 2.98. The summed E-state index contributed by atoms with van der Waals surface area (Å²) < 4.78 is 0. The first-order valence-electron chi connectivity index (χ1n) is 7.59. The van der Waals surface area contributed by atoms with Crippen LogP contribution >= 0.6 is 11.8 Å². The van der Waals surface area contributed by atoms with E-state index in [2.05, 4.69) is 49.7 Å². The Morgan fingerprint density at radius 2 is 1.89 bits per heavy atom. The molecule has 0 amide bonds. The van der Waals surface area contributed by atoms with E-state index >= 15 is 0 Å². The monoisotopic (exact) mass is 270 g/mol. The molecule has 0 aromatic carbocycles. The SMILES string of the molecule is CCC1CNC(C(C)(C)C)CN1C1CCSCC1. The number of nitrogens with zero attached hydrogens (tertiary/aromatic N) is 1. The highest BCUT2D eigenvalue weighted by molar-refractivity contribution is 7.99. The lowest BCUT2D eigenvalue weighted by molar-refractivity contribution is 0.0443. The molecule has 0 aliphatic carbocycles. The lowest BCUT2D eigenvalue weighted by atomic mass is 9.83. The first-order valence-corrected chi connectivity index (χ1v) is 8.74. The maximum absolute atomic E-state index is 3.78. The van der Waals surface area contributed by atoms with Crippen LogP contribution in [-0.4, -0.2) is 47.6 Å². The third kappa shape index (κ3) is 3.43. The fourth-order valence-corrected chi connectivity index (χ4v) is 4.32. The van der Waals surface area contributed by atoms with Crippen molar-refractivity contribution in [2.45, 2.75) is 65.1 Å². The molecule has 106 valence electrons. The molecule has 2 unspecified atom stereocenters. The Labute approximate surface area is 117 Å². The second-order valence-electron chi connectivity index (χ2n) is 6.93. The minimum atomic E-state index is 0.375. The zero-order valence-corrected chi connectivity index (χ0v) is 13.4. The smallest absolute Gasteiger partial charge is 0.0244 e. The molecule has 18 heavy (non-hydrogen) atoms. The van der Waals surface area contributed by atoms with Gasteiger partial charge >= 0.3 is 0 Å². The summed E-state index contributed by atoms with van der Waals surface area (Å²) in [6.07, 6.45) is 4.09. The van der Waals surface area contributed by atoms with E-state index in [9.17, 15) is 0 Å². The Morgan fingerprint density at radius 1 is 1.22 bits per heavy atom. The van der Waals surface area contributed by atoms with Gasteiger partial charge in [-0.2, -0.15) is 11.8 Å². The summed E-state index contributed by atoms with van der Waals surface area (Å²) in [6, 6.07) is 2.26. The molecule has 2 nitrogen and oxygen atoms in total. The number of nitrogens with one attached hydrogen (secondary N) is 1. The van der Waals surface area contributed by atoms with Crippen LogP contribution in [0.2, 0.25) is 0 Å². The van der Waals surface area contributed by atoms with Gasteiger partial charge in [-0.25, -0.2) is 0 Å². The molecule has 1 N–H and O–H groups in total.